The highest BCUT2D eigenvalue weighted by molar-refractivity contribution is 5.85. The van der Waals surface area contributed by atoms with E-state index < -0.39 is 5.82 Å². The zero-order chi connectivity index (χ0) is 17.4. The van der Waals surface area contributed by atoms with Gasteiger partial charge in [0.2, 0.25) is 11.8 Å². The molecule has 4 aliphatic rings. The van der Waals surface area contributed by atoms with E-state index in [0.717, 1.165) is 25.3 Å². The summed E-state index contributed by atoms with van der Waals surface area (Å²) in [5.41, 5.74) is 0.761. The molecule has 144 valence electrons. The molecule has 2 heterocycles. The minimum atomic E-state index is -0.518. The molecule has 1 amide bonds. The third kappa shape index (κ3) is 3.60. The van der Waals surface area contributed by atoms with Crippen LogP contribution in [0.15, 0.2) is 6.07 Å². The average Bonchev–Trinajstić information content (AvgIpc) is 3.06. The fraction of sp³-hybridized carbons (Fsp3) is 0.667. The number of hydrogen-bond acceptors (Lipinski definition) is 5. The van der Waals surface area contributed by atoms with Crippen molar-refractivity contribution in [1.29, 1.82) is 0 Å². The predicted molar refractivity (Wildman–Crippen MR) is 96.1 cm³/mol. The average molecular weight is 386 g/mol. The molecule has 3 saturated carbocycles. The van der Waals surface area contributed by atoms with Crippen LogP contribution in [0.1, 0.15) is 37.7 Å². The van der Waals surface area contributed by atoms with Gasteiger partial charge in [0.25, 0.3) is 5.88 Å². The molecule has 4 fully saturated rings. The van der Waals surface area contributed by atoms with Crippen LogP contribution in [0, 0.1) is 17.2 Å². The number of nitrogens with zero attached hydrogens (tertiary/aromatic N) is 1. The largest absolute Gasteiger partial charge is 0.481 e. The number of rotatable bonds is 7. The first kappa shape index (κ1) is 19.2. The normalized spacial score (nSPS) is 28.4. The fourth-order valence-electron chi connectivity index (χ4n) is 4.17. The highest BCUT2D eigenvalue weighted by atomic mass is 35.5. The smallest absolute Gasteiger partial charge is 0.253 e. The number of amides is 1. The van der Waals surface area contributed by atoms with Gasteiger partial charge in [-0.3, -0.25) is 4.79 Å². The van der Waals surface area contributed by atoms with E-state index in [9.17, 15) is 9.18 Å². The molecule has 6 nitrogen and oxygen atoms in total. The van der Waals surface area contributed by atoms with Crippen molar-refractivity contribution >= 4 is 18.3 Å². The Hall–Kier alpha value is -1.60. The van der Waals surface area contributed by atoms with Gasteiger partial charge in [-0.05, 0) is 50.6 Å². The van der Waals surface area contributed by atoms with E-state index in [1.807, 2.05) is 0 Å². The molecule has 3 aliphatic carbocycles. The van der Waals surface area contributed by atoms with Crippen molar-refractivity contribution in [3.63, 3.8) is 0 Å². The minimum absolute atomic E-state index is 0. The van der Waals surface area contributed by atoms with Crippen LogP contribution in [0.4, 0.5) is 4.39 Å². The van der Waals surface area contributed by atoms with E-state index in [4.69, 9.17) is 9.47 Å². The van der Waals surface area contributed by atoms with Crippen LogP contribution in [-0.2, 0) is 11.3 Å². The van der Waals surface area contributed by atoms with E-state index in [0.29, 0.717) is 12.2 Å². The number of halogens is 2. The van der Waals surface area contributed by atoms with Gasteiger partial charge in [-0.15, -0.1) is 12.4 Å². The van der Waals surface area contributed by atoms with Crippen molar-refractivity contribution in [2.24, 2.45) is 11.3 Å². The van der Waals surface area contributed by atoms with Crippen LogP contribution in [0.5, 0.6) is 11.8 Å². The number of aromatic nitrogens is 1. The summed E-state index contributed by atoms with van der Waals surface area (Å²) in [6.45, 7) is 1.54. The number of pyridine rings is 1. The number of ether oxygens (including phenoxy) is 2. The SMILES string of the molecule is COc1nc(OCC23CC(C2)C3)c(F)cc1CNC(=O)[C@@H]1CCCN1.Cl. The molecule has 1 atom stereocenters. The number of nitrogens with one attached hydrogen (secondary N) is 2. The van der Waals surface area contributed by atoms with Gasteiger partial charge in [0.15, 0.2) is 5.82 Å². The lowest BCUT2D eigenvalue weighted by Gasteiger charge is -2.61. The van der Waals surface area contributed by atoms with Gasteiger partial charge in [-0.25, -0.2) is 4.39 Å². The highest BCUT2D eigenvalue weighted by Gasteiger charge is 2.57. The van der Waals surface area contributed by atoms with Crippen molar-refractivity contribution in [2.75, 3.05) is 20.3 Å². The lowest BCUT2D eigenvalue weighted by molar-refractivity contribution is -0.133. The van der Waals surface area contributed by atoms with Gasteiger partial charge in [0, 0.05) is 17.5 Å². The molecule has 2 bridgehead atoms. The number of carbonyl (C=O) groups excluding carboxylic acids is 1. The zero-order valence-corrected chi connectivity index (χ0v) is 15.7. The molecule has 0 radical (unpaired) electrons. The Morgan fingerprint density at radius 1 is 1.42 bits per heavy atom. The highest BCUT2D eigenvalue weighted by Crippen LogP contribution is 2.64. The van der Waals surface area contributed by atoms with E-state index in [-0.39, 0.29) is 48.1 Å². The van der Waals surface area contributed by atoms with Gasteiger partial charge >= 0.3 is 0 Å². The van der Waals surface area contributed by atoms with Crippen molar-refractivity contribution in [3.05, 3.63) is 17.4 Å². The molecule has 2 N–H and O–H groups in total. The molecular formula is C18H25ClFN3O3. The number of methoxy groups -OCH3 is 1. The third-order valence-corrected chi connectivity index (χ3v) is 5.69. The summed E-state index contributed by atoms with van der Waals surface area (Å²) >= 11 is 0. The number of carbonyl (C=O) groups is 1. The van der Waals surface area contributed by atoms with E-state index >= 15 is 0 Å². The molecule has 1 aromatic rings. The first-order valence-electron chi connectivity index (χ1n) is 8.96. The Balaban J connectivity index is 0.00000196. The second kappa shape index (κ2) is 7.56. The fourth-order valence-corrected chi connectivity index (χ4v) is 4.17. The Labute approximate surface area is 158 Å². The molecule has 5 rings (SSSR count). The first-order valence-corrected chi connectivity index (χ1v) is 8.96. The molecule has 1 saturated heterocycles. The van der Waals surface area contributed by atoms with Crippen molar-refractivity contribution in [3.8, 4) is 11.8 Å². The number of hydrogen-bond donors (Lipinski definition) is 2. The maximum absolute atomic E-state index is 14.3. The van der Waals surface area contributed by atoms with E-state index in [1.54, 1.807) is 0 Å². The molecule has 0 aromatic carbocycles. The summed E-state index contributed by atoms with van der Waals surface area (Å²) in [6.07, 6.45) is 5.37. The summed E-state index contributed by atoms with van der Waals surface area (Å²) in [4.78, 5) is 16.2. The maximum Gasteiger partial charge on any atom is 0.253 e. The summed E-state index contributed by atoms with van der Waals surface area (Å²) < 4.78 is 25.2. The van der Waals surface area contributed by atoms with Gasteiger partial charge in [0.05, 0.1) is 19.8 Å². The molecule has 1 aliphatic heterocycles. The van der Waals surface area contributed by atoms with E-state index in [2.05, 4.69) is 15.6 Å². The maximum atomic E-state index is 14.3. The van der Waals surface area contributed by atoms with Crippen molar-refractivity contribution in [1.82, 2.24) is 15.6 Å². The lowest BCUT2D eigenvalue weighted by atomic mass is 9.45. The molecule has 1 aromatic heterocycles. The Morgan fingerprint density at radius 2 is 2.19 bits per heavy atom. The predicted octanol–water partition coefficient (Wildman–Crippen LogP) is 2.20. The van der Waals surface area contributed by atoms with Crippen LogP contribution in [0.25, 0.3) is 0 Å². The van der Waals surface area contributed by atoms with Crippen LogP contribution < -0.4 is 20.1 Å². The van der Waals surface area contributed by atoms with Gasteiger partial charge < -0.3 is 20.1 Å². The molecule has 0 spiro atoms. The molecule has 8 heteroatoms. The molecule has 0 unspecified atom stereocenters. The molecular weight excluding hydrogens is 361 g/mol. The van der Waals surface area contributed by atoms with Gasteiger partial charge in [0.1, 0.15) is 0 Å². The second-order valence-corrected chi connectivity index (χ2v) is 7.58. The van der Waals surface area contributed by atoms with Gasteiger partial charge in [-0.2, -0.15) is 4.98 Å². The second-order valence-electron chi connectivity index (χ2n) is 7.58. The quantitative estimate of drug-likeness (QED) is 0.752. The minimum Gasteiger partial charge on any atom is -0.481 e. The lowest BCUT2D eigenvalue weighted by Crippen LogP contribution is -2.55. The Morgan fingerprint density at radius 3 is 2.77 bits per heavy atom. The zero-order valence-electron chi connectivity index (χ0n) is 14.8. The standard InChI is InChI=1S/C18H24FN3O3.ClH/c1-24-16-12(9-21-15(23)14-3-2-4-20-14)5-13(19)17(22-16)25-10-18-6-11(7-18)8-18;/h5,11,14,20H,2-4,6-10H2,1H3,(H,21,23);1H/t11?,14-,18?;/m0./s1. The van der Waals surface area contributed by atoms with Crippen LogP contribution in [-0.4, -0.2) is 37.2 Å². The van der Waals surface area contributed by atoms with Crippen molar-refractivity contribution in [2.45, 2.75) is 44.7 Å². The summed E-state index contributed by atoms with van der Waals surface area (Å²) in [6, 6.07) is 1.17. The summed E-state index contributed by atoms with van der Waals surface area (Å²) in [7, 11) is 1.48. The summed E-state index contributed by atoms with van der Waals surface area (Å²) in [5, 5.41) is 5.95. The first-order chi connectivity index (χ1) is 12.1. The van der Waals surface area contributed by atoms with Gasteiger partial charge in [-0.1, -0.05) is 0 Å². The topological polar surface area (TPSA) is 72.5 Å². The Kier molecular flexibility index (Phi) is 5.58. The molecule has 26 heavy (non-hydrogen) atoms. The third-order valence-electron chi connectivity index (χ3n) is 5.69. The van der Waals surface area contributed by atoms with Crippen LogP contribution >= 0.6 is 12.4 Å². The van der Waals surface area contributed by atoms with Crippen LogP contribution in [0.3, 0.4) is 0 Å². The summed E-state index contributed by atoms with van der Waals surface area (Å²) in [5.74, 6) is 0.527. The van der Waals surface area contributed by atoms with Crippen LogP contribution in [0.2, 0.25) is 0 Å². The monoisotopic (exact) mass is 385 g/mol. The Bertz CT molecular complexity index is 665. The van der Waals surface area contributed by atoms with Crippen molar-refractivity contribution < 1.29 is 18.7 Å². The van der Waals surface area contributed by atoms with E-state index in [1.165, 1.54) is 32.4 Å².